The second-order valence-corrected chi connectivity index (χ2v) is 4.66. The van der Waals surface area contributed by atoms with Gasteiger partial charge in [0, 0.05) is 13.7 Å². The van der Waals surface area contributed by atoms with Gasteiger partial charge in [-0.2, -0.15) is 0 Å². The summed E-state index contributed by atoms with van der Waals surface area (Å²) in [5, 5.41) is 0. The zero-order valence-electron chi connectivity index (χ0n) is 11.8. The Balaban J connectivity index is 2.15. The molecule has 0 unspecified atom stereocenters. The quantitative estimate of drug-likeness (QED) is 0.601. The number of nitrogens with zero attached hydrogens (tertiary/aromatic N) is 1. The van der Waals surface area contributed by atoms with Crippen molar-refractivity contribution in [3.63, 3.8) is 0 Å². The molecule has 5 nitrogen and oxygen atoms in total. The highest BCUT2D eigenvalue weighted by Crippen LogP contribution is 2.24. The number of rotatable bonds is 8. The van der Waals surface area contributed by atoms with Gasteiger partial charge in [0.1, 0.15) is 11.3 Å². The first-order valence-corrected chi connectivity index (χ1v) is 7.09. The number of hydrogen-bond donors (Lipinski definition) is 1. The van der Waals surface area contributed by atoms with Gasteiger partial charge in [-0.3, -0.25) is 0 Å². The van der Waals surface area contributed by atoms with Crippen LogP contribution in [0.5, 0.6) is 5.75 Å². The number of aromatic amines is 1. The van der Waals surface area contributed by atoms with Gasteiger partial charge in [-0.1, -0.05) is 6.07 Å². The van der Waals surface area contributed by atoms with E-state index < -0.39 is 0 Å². The molecule has 1 N–H and O–H groups in total. The van der Waals surface area contributed by atoms with Crippen LogP contribution < -0.4 is 4.74 Å². The molecule has 0 bridgehead atoms. The lowest BCUT2D eigenvalue weighted by Crippen LogP contribution is -2.09. The Hall–Kier alpha value is -1.37. The predicted molar refractivity (Wildman–Crippen MR) is 81.0 cm³/mol. The van der Waals surface area contributed by atoms with Gasteiger partial charge in [0.25, 0.3) is 0 Å². The minimum Gasteiger partial charge on any atom is -0.492 e. The summed E-state index contributed by atoms with van der Waals surface area (Å²) in [6.45, 7) is 5.10. The minimum absolute atomic E-state index is 0.594. The molecule has 0 amide bonds. The Morgan fingerprint density at radius 1 is 1.25 bits per heavy atom. The molecule has 0 atom stereocenters. The van der Waals surface area contributed by atoms with Gasteiger partial charge < -0.3 is 23.8 Å². The van der Waals surface area contributed by atoms with E-state index in [4.69, 9.17) is 26.4 Å². The van der Waals surface area contributed by atoms with Crippen molar-refractivity contribution in [1.29, 1.82) is 0 Å². The minimum atomic E-state index is 0.594. The molecule has 0 saturated carbocycles. The number of hydrogen-bond acceptors (Lipinski definition) is 4. The summed E-state index contributed by atoms with van der Waals surface area (Å²) >= 11 is 5.37. The summed E-state index contributed by atoms with van der Waals surface area (Å²) in [6, 6.07) is 5.94. The van der Waals surface area contributed by atoms with Gasteiger partial charge in [-0.15, -0.1) is 0 Å². The molecule has 6 heteroatoms. The molecule has 1 aromatic heterocycles. The van der Waals surface area contributed by atoms with E-state index in [2.05, 4.69) is 4.98 Å². The Labute approximate surface area is 123 Å². The van der Waals surface area contributed by atoms with E-state index in [1.54, 1.807) is 7.11 Å². The lowest BCUT2D eigenvalue weighted by atomic mass is 10.3. The van der Waals surface area contributed by atoms with Crippen LogP contribution >= 0.6 is 12.2 Å². The fourth-order valence-electron chi connectivity index (χ4n) is 2.05. The molecule has 2 rings (SSSR count). The maximum atomic E-state index is 5.61. The number of aromatic nitrogens is 2. The first-order valence-electron chi connectivity index (χ1n) is 6.69. The molecule has 110 valence electrons. The van der Waals surface area contributed by atoms with E-state index in [1.165, 1.54) is 0 Å². The van der Waals surface area contributed by atoms with Crippen LogP contribution in [-0.4, -0.2) is 43.1 Å². The average Bonchev–Trinajstić information content (AvgIpc) is 2.76. The molecule has 2 aromatic rings. The van der Waals surface area contributed by atoms with Crippen molar-refractivity contribution in [2.24, 2.45) is 0 Å². The molecule has 1 aromatic carbocycles. The van der Waals surface area contributed by atoms with E-state index in [0.717, 1.165) is 16.8 Å². The van der Waals surface area contributed by atoms with Crippen LogP contribution in [0.15, 0.2) is 18.2 Å². The maximum absolute atomic E-state index is 5.61. The van der Waals surface area contributed by atoms with E-state index in [1.807, 2.05) is 29.7 Å². The average molecular weight is 296 g/mol. The Kier molecular flexibility index (Phi) is 5.58. The topological polar surface area (TPSA) is 48.4 Å². The summed E-state index contributed by atoms with van der Waals surface area (Å²) < 4.78 is 18.7. The second kappa shape index (κ2) is 7.42. The summed E-state index contributed by atoms with van der Waals surface area (Å²) in [5.41, 5.74) is 1.98. The lowest BCUT2D eigenvalue weighted by Gasteiger charge is -2.07. The van der Waals surface area contributed by atoms with E-state index in [-0.39, 0.29) is 0 Å². The van der Waals surface area contributed by atoms with Crippen LogP contribution in [0.1, 0.15) is 6.92 Å². The van der Waals surface area contributed by atoms with E-state index in [9.17, 15) is 0 Å². The molecule has 0 radical (unpaired) electrons. The van der Waals surface area contributed by atoms with Crippen LogP contribution in [0.4, 0.5) is 0 Å². The molecule has 0 aliphatic carbocycles. The number of para-hydroxylation sites is 1. The highest BCUT2D eigenvalue weighted by molar-refractivity contribution is 7.71. The fraction of sp³-hybridized carbons (Fsp3) is 0.500. The number of ether oxygens (including phenoxy) is 3. The maximum Gasteiger partial charge on any atom is 0.178 e. The zero-order valence-corrected chi connectivity index (χ0v) is 12.7. The third-order valence-corrected chi connectivity index (χ3v) is 3.29. The molecule has 0 aliphatic rings. The van der Waals surface area contributed by atoms with Gasteiger partial charge in [-0.05, 0) is 31.3 Å². The van der Waals surface area contributed by atoms with Crippen LogP contribution in [-0.2, 0) is 16.0 Å². The van der Waals surface area contributed by atoms with Gasteiger partial charge in [0.05, 0.1) is 31.9 Å². The zero-order chi connectivity index (χ0) is 14.4. The highest BCUT2D eigenvalue weighted by atomic mass is 32.1. The molecule has 1 heterocycles. The largest absolute Gasteiger partial charge is 0.492 e. The Bertz CT molecular complexity index is 606. The van der Waals surface area contributed by atoms with Crippen molar-refractivity contribution < 1.29 is 14.2 Å². The Morgan fingerprint density at radius 3 is 2.85 bits per heavy atom. The summed E-state index contributed by atoms with van der Waals surface area (Å²) in [6.07, 6.45) is 0. The summed E-state index contributed by atoms with van der Waals surface area (Å²) in [4.78, 5) is 3.21. The predicted octanol–water partition coefficient (Wildman–Crippen LogP) is 2.76. The third-order valence-electron chi connectivity index (χ3n) is 2.96. The monoisotopic (exact) mass is 296 g/mol. The molecular weight excluding hydrogens is 276 g/mol. The molecule has 20 heavy (non-hydrogen) atoms. The first kappa shape index (κ1) is 15.0. The second-order valence-electron chi connectivity index (χ2n) is 4.27. The number of H-pyrrole nitrogens is 1. The molecule has 0 fully saturated rings. The van der Waals surface area contributed by atoms with Crippen LogP contribution in [0, 0.1) is 4.77 Å². The highest BCUT2D eigenvalue weighted by Gasteiger charge is 2.08. The van der Waals surface area contributed by atoms with Crippen molar-refractivity contribution in [3.05, 3.63) is 23.0 Å². The number of fused-ring (bicyclic) bond motifs is 1. The smallest absolute Gasteiger partial charge is 0.178 e. The normalized spacial score (nSPS) is 11.1. The van der Waals surface area contributed by atoms with E-state index in [0.29, 0.717) is 37.7 Å². The van der Waals surface area contributed by atoms with Crippen molar-refractivity contribution in [3.8, 4) is 5.75 Å². The number of benzene rings is 1. The standard InChI is InChI=1S/C14H20N2O3S/c1-3-19-12-6-4-5-11-13(12)15-14(20)16(11)7-8-18-10-9-17-2/h4-6H,3,7-10H2,1-2H3,(H,15,20). The molecule has 0 spiro atoms. The fourth-order valence-corrected chi connectivity index (χ4v) is 2.34. The molecular formula is C14H20N2O3S. The van der Waals surface area contributed by atoms with Crippen LogP contribution in [0.25, 0.3) is 11.0 Å². The molecule has 0 aliphatic heterocycles. The Morgan fingerprint density at radius 2 is 2.10 bits per heavy atom. The summed E-state index contributed by atoms with van der Waals surface area (Å²) in [7, 11) is 1.66. The van der Waals surface area contributed by atoms with Gasteiger partial charge in [0.15, 0.2) is 4.77 Å². The third kappa shape index (κ3) is 3.39. The number of imidazole rings is 1. The summed E-state index contributed by atoms with van der Waals surface area (Å²) in [5.74, 6) is 0.829. The number of methoxy groups -OCH3 is 1. The molecule has 0 saturated heterocycles. The van der Waals surface area contributed by atoms with Gasteiger partial charge in [0.2, 0.25) is 0 Å². The van der Waals surface area contributed by atoms with Crippen molar-refractivity contribution in [2.75, 3.05) is 33.5 Å². The van der Waals surface area contributed by atoms with Crippen molar-refractivity contribution >= 4 is 23.3 Å². The van der Waals surface area contributed by atoms with Crippen LogP contribution in [0.3, 0.4) is 0 Å². The van der Waals surface area contributed by atoms with Gasteiger partial charge >= 0.3 is 0 Å². The van der Waals surface area contributed by atoms with Gasteiger partial charge in [-0.25, -0.2) is 0 Å². The lowest BCUT2D eigenvalue weighted by molar-refractivity contribution is 0.0668. The van der Waals surface area contributed by atoms with Crippen molar-refractivity contribution in [2.45, 2.75) is 13.5 Å². The van der Waals surface area contributed by atoms with E-state index >= 15 is 0 Å². The van der Waals surface area contributed by atoms with Crippen molar-refractivity contribution in [1.82, 2.24) is 9.55 Å². The SMILES string of the molecule is CCOc1cccc2c1[nH]c(=S)n2CCOCCOC. The first-order chi connectivity index (χ1) is 9.77. The number of nitrogens with one attached hydrogen (secondary N) is 1. The van der Waals surface area contributed by atoms with Crippen LogP contribution in [0.2, 0.25) is 0 Å².